The Balaban J connectivity index is 2.19. The van der Waals surface area contributed by atoms with Gasteiger partial charge in [0.05, 0.1) is 5.60 Å². The number of aliphatic hydroxyl groups is 1. The molecule has 0 spiro atoms. The van der Waals surface area contributed by atoms with Crippen LogP contribution < -0.4 is 0 Å². The van der Waals surface area contributed by atoms with E-state index in [2.05, 4.69) is 18.7 Å². The van der Waals surface area contributed by atoms with Gasteiger partial charge in [0.25, 0.3) is 0 Å². The van der Waals surface area contributed by atoms with Crippen molar-refractivity contribution in [1.29, 1.82) is 0 Å². The average molecular weight is 164 g/mol. The van der Waals surface area contributed by atoms with E-state index < -0.39 is 5.60 Å². The summed E-state index contributed by atoms with van der Waals surface area (Å²) in [6.07, 6.45) is 10.4. The van der Waals surface area contributed by atoms with Crippen molar-refractivity contribution < 1.29 is 5.11 Å². The second-order valence-electron chi connectivity index (χ2n) is 4.13. The van der Waals surface area contributed by atoms with E-state index in [9.17, 15) is 5.11 Å². The summed E-state index contributed by atoms with van der Waals surface area (Å²) in [4.78, 5) is 0. The molecule has 0 heterocycles. The lowest BCUT2D eigenvalue weighted by Crippen LogP contribution is -2.44. The molecule has 1 nitrogen and oxygen atoms in total. The van der Waals surface area contributed by atoms with Gasteiger partial charge < -0.3 is 5.11 Å². The molecule has 0 aromatic carbocycles. The van der Waals surface area contributed by atoms with Crippen LogP contribution in [0.2, 0.25) is 0 Å². The van der Waals surface area contributed by atoms with Gasteiger partial charge in [0, 0.05) is 5.92 Å². The first kappa shape index (κ1) is 8.06. The van der Waals surface area contributed by atoms with Gasteiger partial charge in [-0.15, -0.1) is 6.58 Å². The molecular formula is C11H16O. The molecule has 1 saturated carbocycles. The SMILES string of the molecule is C=CC[C@]1(O)C[C@@H]2C=C[C@H]1CC2. The van der Waals surface area contributed by atoms with Crippen molar-refractivity contribution in [3.05, 3.63) is 24.8 Å². The molecule has 1 fully saturated rings. The first-order valence-corrected chi connectivity index (χ1v) is 4.76. The largest absolute Gasteiger partial charge is 0.389 e. The summed E-state index contributed by atoms with van der Waals surface area (Å²) in [6.45, 7) is 3.70. The van der Waals surface area contributed by atoms with E-state index in [4.69, 9.17) is 0 Å². The summed E-state index contributed by atoms with van der Waals surface area (Å²) in [5.41, 5.74) is -0.459. The number of hydrogen-bond acceptors (Lipinski definition) is 1. The zero-order chi connectivity index (χ0) is 8.60. The average Bonchev–Trinajstić information content (AvgIpc) is 2.05. The summed E-state index contributed by atoms with van der Waals surface area (Å²) in [5.74, 6) is 1.01. The van der Waals surface area contributed by atoms with Crippen LogP contribution in [0.15, 0.2) is 24.8 Å². The molecule has 3 aliphatic rings. The van der Waals surface area contributed by atoms with Gasteiger partial charge in [-0.05, 0) is 31.6 Å². The van der Waals surface area contributed by atoms with Crippen LogP contribution in [0.25, 0.3) is 0 Å². The monoisotopic (exact) mass is 164 g/mol. The Bertz CT molecular complexity index is 219. The number of fused-ring (bicyclic) bond motifs is 2. The van der Waals surface area contributed by atoms with Crippen LogP contribution in [0.3, 0.4) is 0 Å². The first-order valence-electron chi connectivity index (χ1n) is 4.76. The minimum absolute atomic E-state index is 0.389. The lowest BCUT2D eigenvalue weighted by molar-refractivity contribution is -0.0464. The second kappa shape index (κ2) is 2.74. The maximum absolute atomic E-state index is 10.2. The molecule has 0 amide bonds. The predicted octanol–water partition coefficient (Wildman–Crippen LogP) is 2.28. The van der Waals surface area contributed by atoms with Crippen LogP contribution in [0.1, 0.15) is 25.7 Å². The summed E-state index contributed by atoms with van der Waals surface area (Å²) >= 11 is 0. The van der Waals surface area contributed by atoms with Crippen LogP contribution >= 0.6 is 0 Å². The third-order valence-electron chi connectivity index (χ3n) is 3.27. The van der Waals surface area contributed by atoms with Crippen molar-refractivity contribution in [3.63, 3.8) is 0 Å². The van der Waals surface area contributed by atoms with Crippen molar-refractivity contribution in [1.82, 2.24) is 0 Å². The quantitative estimate of drug-likeness (QED) is 0.621. The molecule has 0 aromatic rings. The van der Waals surface area contributed by atoms with E-state index in [1.165, 1.54) is 6.42 Å². The number of rotatable bonds is 2. The van der Waals surface area contributed by atoms with Gasteiger partial charge in [-0.3, -0.25) is 0 Å². The third kappa shape index (κ3) is 1.13. The van der Waals surface area contributed by atoms with Crippen LogP contribution in [0, 0.1) is 11.8 Å². The minimum atomic E-state index is -0.459. The molecule has 0 saturated heterocycles. The topological polar surface area (TPSA) is 20.2 Å². The van der Waals surface area contributed by atoms with Crippen molar-refractivity contribution in [2.75, 3.05) is 0 Å². The van der Waals surface area contributed by atoms with E-state index in [1.54, 1.807) is 0 Å². The zero-order valence-corrected chi connectivity index (χ0v) is 7.37. The Hall–Kier alpha value is -0.560. The summed E-state index contributed by atoms with van der Waals surface area (Å²) in [5, 5.41) is 10.2. The van der Waals surface area contributed by atoms with Crippen molar-refractivity contribution >= 4 is 0 Å². The highest BCUT2D eigenvalue weighted by atomic mass is 16.3. The van der Waals surface area contributed by atoms with Crippen molar-refractivity contribution in [2.45, 2.75) is 31.3 Å². The Morgan fingerprint density at radius 1 is 1.50 bits per heavy atom. The molecule has 3 aliphatic carbocycles. The smallest absolute Gasteiger partial charge is 0.0749 e. The molecule has 0 unspecified atom stereocenters. The molecule has 66 valence electrons. The molecule has 3 atom stereocenters. The first-order chi connectivity index (χ1) is 5.74. The maximum atomic E-state index is 10.2. The van der Waals surface area contributed by atoms with E-state index >= 15 is 0 Å². The van der Waals surface area contributed by atoms with Gasteiger partial charge in [-0.2, -0.15) is 0 Å². The Kier molecular flexibility index (Phi) is 1.84. The highest BCUT2D eigenvalue weighted by molar-refractivity contribution is 5.13. The molecule has 3 rings (SSSR count). The lowest BCUT2D eigenvalue weighted by atomic mass is 9.65. The standard InChI is InChI=1S/C11H16O/c1-2-7-11(12)8-9-3-5-10(11)6-4-9/h2-3,5,9-10,12H,1,4,6-8H2/t9-,10+,11+/m1/s1. The fourth-order valence-corrected chi connectivity index (χ4v) is 2.59. The lowest BCUT2D eigenvalue weighted by Gasteiger charge is -2.44. The highest BCUT2D eigenvalue weighted by Gasteiger charge is 2.42. The summed E-state index contributed by atoms with van der Waals surface area (Å²) in [6, 6.07) is 0. The molecule has 0 aliphatic heterocycles. The minimum Gasteiger partial charge on any atom is -0.389 e. The van der Waals surface area contributed by atoms with Gasteiger partial charge >= 0.3 is 0 Å². The third-order valence-corrected chi connectivity index (χ3v) is 3.27. The molecule has 0 aromatic heterocycles. The molecular weight excluding hydrogens is 148 g/mol. The normalized spacial score (nSPS) is 44.8. The molecule has 2 bridgehead atoms. The summed E-state index contributed by atoms with van der Waals surface area (Å²) < 4.78 is 0. The van der Waals surface area contributed by atoms with E-state index in [-0.39, 0.29) is 0 Å². The highest BCUT2D eigenvalue weighted by Crippen LogP contribution is 2.44. The van der Waals surface area contributed by atoms with Crippen LogP contribution in [-0.4, -0.2) is 10.7 Å². The van der Waals surface area contributed by atoms with Gasteiger partial charge in [-0.25, -0.2) is 0 Å². The zero-order valence-electron chi connectivity index (χ0n) is 7.37. The van der Waals surface area contributed by atoms with Gasteiger partial charge in [0.15, 0.2) is 0 Å². The van der Waals surface area contributed by atoms with Crippen molar-refractivity contribution in [2.24, 2.45) is 11.8 Å². The van der Waals surface area contributed by atoms with Gasteiger partial charge in [0.1, 0.15) is 0 Å². The fraction of sp³-hybridized carbons (Fsp3) is 0.636. The molecule has 1 heteroatoms. The Morgan fingerprint density at radius 2 is 2.33 bits per heavy atom. The van der Waals surface area contributed by atoms with Gasteiger partial charge in [0.2, 0.25) is 0 Å². The Morgan fingerprint density at radius 3 is 2.75 bits per heavy atom. The van der Waals surface area contributed by atoms with Crippen LogP contribution in [-0.2, 0) is 0 Å². The predicted molar refractivity (Wildman–Crippen MR) is 49.7 cm³/mol. The molecule has 0 radical (unpaired) electrons. The Labute approximate surface area is 73.8 Å². The second-order valence-corrected chi connectivity index (χ2v) is 4.13. The van der Waals surface area contributed by atoms with E-state index in [1.807, 2.05) is 6.08 Å². The fourth-order valence-electron chi connectivity index (χ4n) is 2.59. The molecule has 1 N–H and O–H groups in total. The molecule has 12 heavy (non-hydrogen) atoms. The van der Waals surface area contributed by atoms with E-state index in [0.29, 0.717) is 11.8 Å². The van der Waals surface area contributed by atoms with Crippen LogP contribution in [0.4, 0.5) is 0 Å². The van der Waals surface area contributed by atoms with Crippen molar-refractivity contribution in [3.8, 4) is 0 Å². The number of hydrogen-bond donors (Lipinski definition) is 1. The number of allylic oxidation sites excluding steroid dienone is 1. The van der Waals surface area contributed by atoms with Crippen LogP contribution in [0.5, 0.6) is 0 Å². The van der Waals surface area contributed by atoms with Gasteiger partial charge in [-0.1, -0.05) is 18.2 Å². The van der Waals surface area contributed by atoms with E-state index in [0.717, 1.165) is 19.3 Å². The summed E-state index contributed by atoms with van der Waals surface area (Å²) in [7, 11) is 0. The maximum Gasteiger partial charge on any atom is 0.0749 e.